The molecule has 2 atom stereocenters. The Kier molecular flexibility index (Phi) is 5.59. The van der Waals surface area contributed by atoms with Crippen LogP contribution in [-0.2, 0) is 11.0 Å². The van der Waals surface area contributed by atoms with Crippen LogP contribution in [0, 0.1) is 0 Å². The van der Waals surface area contributed by atoms with Crippen LogP contribution in [0.1, 0.15) is 67.0 Å². The van der Waals surface area contributed by atoms with Crippen molar-refractivity contribution in [1.82, 2.24) is 9.88 Å². The van der Waals surface area contributed by atoms with E-state index in [0.717, 1.165) is 37.3 Å². The molecule has 3 aliphatic rings. The lowest BCUT2D eigenvalue weighted by molar-refractivity contribution is -0.137. The van der Waals surface area contributed by atoms with E-state index in [1.54, 1.807) is 6.08 Å². The molecule has 1 aromatic heterocycles. The van der Waals surface area contributed by atoms with Crippen LogP contribution in [0.25, 0.3) is 11.1 Å². The van der Waals surface area contributed by atoms with Crippen LogP contribution in [0.3, 0.4) is 0 Å². The lowest BCUT2D eigenvalue weighted by Gasteiger charge is -2.32. The number of hydrogen-bond acceptors (Lipinski definition) is 3. The van der Waals surface area contributed by atoms with Gasteiger partial charge in [0.1, 0.15) is 0 Å². The third kappa shape index (κ3) is 3.94. The van der Waals surface area contributed by atoms with Crippen molar-refractivity contribution in [3.05, 3.63) is 88.3 Å². The molecule has 0 radical (unpaired) electrons. The Balaban J connectivity index is 1.37. The molecule has 0 amide bonds. The fourth-order valence-electron chi connectivity index (χ4n) is 5.32. The highest BCUT2D eigenvalue weighted by Gasteiger charge is 2.34. The molecule has 5 rings (SSSR count). The number of alkyl halides is 3. The Morgan fingerprint density at radius 1 is 1.15 bits per heavy atom. The highest BCUT2D eigenvalue weighted by atomic mass is 19.4. The standard InChI is InChI=1S/C28H27F3N2O/c1-16(2)33-11-10-21-17(3)24-12-18(4-8-23(24)25(21)15-33)22-7-5-19(13-27(22)34)26-9-6-20(14-32-26)28(29,30)31/h4-9,12-14,16-17,22H,10-11,15H2,1-3H3. The van der Waals surface area contributed by atoms with E-state index in [0.29, 0.717) is 23.2 Å². The summed E-state index contributed by atoms with van der Waals surface area (Å²) in [5, 5.41) is 0. The van der Waals surface area contributed by atoms with E-state index in [4.69, 9.17) is 0 Å². The van der Waals surface area contributed by atoms with Crippen molar-refractivity contribution in [2.45, 2.75) is 51.2 Å². The second-order valence-electron chi connectivity index (χ2n) is 9.66. The predicted octanol–water partition coefficient (Wildman–Crippen LogP) is 6.39. The first-order chi connectivity index (χ1) is 16.1. The maximum atomic E-state index is 13.0. The summed E-state index contributed by atoms with van der Waals surface area (Å²) < 4.78 is 38.4. The molecule has 2 aromatic rings. The zero-order valence-electron chi connectivity index (χ0n) is 19.5. The van der Waals surface area contributed by atoms with Crippen molar-refractivity contribution >= 4 is 16.9 Å². The summed E-state index contributed by atoms with van der Waals surface area (Å²) in [5.41, 5.74) is 6.56. The number of pyridine rings is 1. The first kappa shape index (κ1) is 22.8. The van der Waals surface area contributed by atoms with E-state index in [1.165, 1.54) is 34.4 Å². The average Bonchev–Trinajstić information content (AvgIpc) is 3.09. The van der Waals surface area contributed by atoms with Gasteiger partial charge in [-0.05, 0) is 60.7 Å². The molecule has 0 saturated heterocycles. The monoisotopic (exact) mass is 464 g/mol. The summed E-state index contributed by atoms with van der Waals surface area (Å²) in [6.07, 6.45) is 2.54. The first-order valence-electron chi connectivity index (χ1n) is 11.7. The van der Waals surface area contributed by atoms with Crippen LogP contribution in [0.4, 0.5) is 13.2 Å². The third-order valence-electron chi connectivity index (χ3n) is 7.36. The SMILES string of the molecule is CC1C2=C(CN(C(C)C)CC2)c2ccc(C3C=CC(c4ccc(C(F)(F)F)cn4)=CC3=O)cc21. The topological polar surface area (TPSA) is 33.2 Å². The van der Waals surface area contributed by atoms with E-state index in [-0.39, 0.29) is 5.78 Å². The summed E-state index contributed by atoms with van der Waals surface area (Å²) in [6.45, 7) is 8.77. The van der Waals surface area contributed by atoms with E-state index in [2.05, 4.69) is 42.8 Å². The second kappa shape index (κ2) is 8.35. The van der Waals surface area contributed by atoms with Crippen molar-refractivity contribution < 1.29 is 18.0 Å². The molecule has 0 fully saturated rings. The van der Waals surface area contributed by atoms with Gasteiger partial charge in [-0.25, -0.2) is 0 Å². The quantitative estimate of drug-likeness (QED) is 0.528. The zero-order valence-corrected chi connectivity index (χ0v) is 19.5. The predicted molar refractivity (Wildman–Crippen MR) is 127 cm³/mol. The number of hydrogen-bond donors (Lipinski definition) is 0. The summed E-state index contributed by atoms with van der Waals surface area (Å²) in [5.74, 6) is -0.140. The molecule has 1 aromatic carbocycles. The molecule has 0 spiro atoms. The van der Waals surface area contributed by atoms with Crippen molar-refractivity contribution in [1.29, 1.82) is 0 Å². The Bertz CT molecular complexity index is 1240. The summed E-state index contributed by atoms with van der Waals surface area (Å²) in [6, 6.07) is 9.17. The maximum absolute atomic E-state index is 13.0. The fourth-order valence-corrected chi connectivity index (χ4v) is 5.32. The first-order valence-corrected chi connectivity index (χ1v) is 11.7. The van der Waals surface area contributed by atoms with E-state index >= 15 is 0 Å². The Morgan fingerprint density at radius 2 is 1.94 bits per heavy atom. The Labute approximate surface area is 197 Å². The summed E-state index contributed by atoms with van der Waals surface area (Å²) in [4.78, 5) is 19.4. The number of rotatable bonds is 3. The molecule has 0 saturated carbocycles. The molecule has 3 nitrogen and oxygen atoms in total. The van der Waals surface area contributed by atoms with Gasteiger partial charge in [-0.3, -0.25) is 14.7 Å². The van der Waals surface area contributed by atoms with Gasteiger partial charge in [0.25, 0.3) is 0 Å². The number of nitrogens with zero attached hydrogens (tertiary/aromatic N) is 2. The van der Waals surface area contributed by atoms with Gasteiger partial charge in [0.15, 0.2) is 5.78 Å². The van der Waals surface area contributed by atoms with Gasteiger partial charge in [0.2, 0.25) is 0 Å². The van der Waals surface area contributed by atoms with Gasteiger partial charge in [0, 0.05) is 36.8 Å². The van der Waals surface area contributed by atoms with Crippen LogP contribution in [-0.4, -0.2) is 34.8 Å². The number of aromatic nitrogens is 1. The van der Waals surface area contributed by atoms with E-state index < -0.39 is 17.7 Å². The molecule has 176 valence electrons. The molecule has 0 bridgehead atoms. The molecule has 2 unspecified atom stereocenters. The normalized spacial score (nSPS) is 22.8. The van der Waals surface area contributed by atoms with Gasteiger partial charge in [-0.15, -0.1) is 0 Å². The van der Waals surface area contributed by atoms with Crippen LogP contribution < -0.4 is 0 Å². The number of carbonyl (C=O) groups excluding carboxylic acids is 1. The third-order valence-corrected chi connectivity index (χ3v) is 7.36. The zero-order chi connectivity index (χ0) is 24.2. The minimum absolute atomic E-state index is 0.0893. The van der Waals surface area contributed by atoms with Crippen molar-refractivity contribution in [3.8, 4) is 0 Å². The van der Waals surface area contributed by atoms with Crippen LogP contribution in [0.15, 0.2) is 60.3 Å². The molecule has 0 N–H and O–H groups in total. The number of halogens is 3. The molecule has 6 heteroatoms. The van der Waals surface area contributed by atoms with E-state index in [9.17, 15) is 18.0 Å². The highest BCUT2D eigenvalue weighted by molar-refractivity contribution is 6.05. The molecule has 2 heterocycles. The summed E-state index contributed by atoms with van der Waals surface area (Å²) in [7, 11) is 0. The molecular weight excluding hydrogens is 437 g/mol. The van der Waals surface area contributed by atoms with Gasteiger partial charge in [-0.2, -0.15) is 13.2 Å². The van der Waals surface area contributed by atoms with Gasteiger partial charge >= 0.3 is 6.18 Å². The van der Waals surface area contributed by atoms with Crippen LogP contribution in [0.2, 0.25) is 0 Å². The lowest BCUT2D eigenvalue weighted by Crippen LogP contribution is -2.36. The smallest absolute Gasteiger partial charge is 0.296 e. The van der Waals surface area contributed by atoms with Crippen molar-refractivity contribution in [2.24, 2.45) is 0 Å². The van der Waals surface area contributed by atoms with E-state index in [1.807, 2.05) is 12.1 Å². The van der Waals surface area contributed by atoms with Gasteiger partial charge < -0.3 is 0 Å². The van der Waals surface area contributed by atoms with Crippen LogP contribution in [0.5, 0.6) is 0 Å². The minimum Gasteiger partial charge on any atom is -0.296 e. The largest absolute Gasteiger partial charge is 0.417 e. The number of benzene rings is 1. The number of allylic oxidation sites excluding steroid dienone is 4. The highest BCUT2D eigenvalue weighted by Crippen LogP contribution is 2.46. The maximum Gasteiger partial charge on any atom is 0.417 e. The van der Waals surface area contributed by atoms with Crippen molar-refractivity contribution in [3.63, 3.8) is 0 Å². The molecule has 2 aliphatic carbocycles. The average molecular weight is 465 g/mol. The number of ketones is 1. The fraction of sp³-hybridized carbons (Fsp3) is 0.357. The van der Waals surface area contributed by atoms with Crippen LogP contribution >= 0.6 is 0 Å². The second-order valence-corrected chi connectivity index (χ2v) is 9.66. The molecule has 1 aliphatic heterocycles. The molecule has 34 heavy (non-hydrogen) atoms. The molecular formula is C28H27F3N2O. The Hall–Kier alpha value is -2.99. The van der Waals surface area contributed by atoms with Crippen molar-refractivity contribution in [2.75, 3.05) is 13.1 Å². The number of carbonyl (C=O) groups is 1. The van der Waals surface area contributed by atoms with Gasteiger partial charge in [0.05, 0.1) is 17.2 Å². The number of fused-ring (bicyclic) bond motifs is 2. The minimum atomic E-state index is -4.44. The van der Waals surface area contributed by atoms with Gasteiger partial charge in [-0.1, -0.05) is 42.8 Å². The Morgan fingerprint density at radius 3 is 2.59 bits per heavy atom. The summed E-state index contributed by atoms with van der Waals surface area (Å²) >= 11 is 0. The lowest BCUT2D eigenvalue weighted by atomic mass is 9.85.